The number of hydrogen-bond acceptors (Lipinski definition) is 6. The fourth-order valence-electron chi connectivity index (χ4n) is 5.04. The zero-order valence-corrected chi connectivity index (χ0v) is 23.7. The van der Waals surface area contributed by atoms with Gasteiger partial charge in [-0.15, -0.1) is 0 Å². The van der Waals surface area contributed by atoms with Crippen molar-refractivity contribution in [1.82, 2.24) is 14.5 Å². The van der Waals surface area contributed by atoms with Crippen molar-refractivity contribution in [3.63, 3.8) is 0 Å². The second-order valence-corrected chi connectivity index (χ2v) is 9.69. The lowest BCUT2D eigenvalue weighted by Gasteiger charge is -2.32. The van der Waals surface area contributed by atoms with Crippen LogP contribution in [0.15, 0.2) is 94.3 Å². The van der Waals surface area contributed by atoms with Gasteiger partial charge in [0.2, 0.25) is 0 Å². The molecular weight excluding hydrogens is 518 g/mol. The maximum atomic E-state index is 14.3. The molecule has 2 heterocycles. The number of benzene rings is 3. The standard InChI is InChI=1S/C33H33N3O5/c1-5-22-13-15-24(16-14-22)36-31(34-29-12-8-7-11-28(29)33(36)38)30(6-2)35(21-25-10-9-17-41-25)32(37)23-18-26(39-3)20-27(19-23)40-4/h7-20,30H,5-6,21H2,1-4H3. The van der Waals surface area contributed by atoms with Crippen LogP contribution in [0.3, 0.4) is 0 Å². The molecule has 1 unspecified atom stereocenters. The van der Waals surface area contributed by atoms with E-state index < -0.39 is 6.04 Å². The lowest BCUT2D eigenvalue weighted by Crippen LogP contribution is -2.38. The van der Waals surface area contributed by atoms with Crippen molar-refractivity contribution in [1.29, 1.82) is 0 Å². The summed E-state index contributed by atoms with van der Waals surface area (Å²) in [6.07, 6.45) is 2.95. The summed E-state index contributed by atoms with van der Waals surface area (Å²) in [5, 5.41) is 0.507. The molecule has 0 saturated heterocycles. The number of carbonyl (C=O) groups excluding carboxylic acids is 1. The highest BCUT2D eigenvalue weighted by atomic mass is 16.5. The minimum atomic E-state index is -0.576. The number of para-hydroxylation sites is 1. The molecule has 1 atom stereocenters. The van der Waals surface area contributed by atoms with Crippen LogP contribution >= 0.6 is 0 Å². The van der Waals surface area contributed by atoms with E-state index in [0.717, 1.165) is 12.0 Å². The van der Waals surface area contributed by atoms with Crippen LogP contribution in [-0.2, 0) is 13.0 Å². The van der Waals surface area contributed by atoms with E-state index in [9.17, 15) is 9.59 Å². The molecule has 0 N–H and O–H groups in total. The van der Waals surface area contributed by atoms with Crippen LogP contribution in [-0.4, -0.2) is 34.6 Å². The summed E-state index contributed by atoms with van der Waals surface area (Å²) in [7, 11) is 3.08. The molecule has 3 aromatic carbocycles. The van der Waals surface area contributed by atoms with Gasteiger partial charge in [-0.05, 0) is 66.9 Å². The predicted octanol–water partition coefficient (Wildman–Crippen LogP) is 6.35. The first kappa shape index (κ1) is 27.7. The van der Waals surface area contributed by atoms with Crippen molar-refractivity contribution in [2.45, 2.75) is 39.3 Å². The number of nitrogens with zero attached hydrogens (tertiary/aromatic N) is 3. The number of aryl methyl sites for hydroxylation is 1. The quantitative estimate of drug-likeness (QED) is 0.201. The van der Waals surface area contributed by atoms with Gasteiger partial charge in [0.25, 0.3) is 11.5 Å². The van der Waals surface area contributed by atoms with Crippen molar-refractivity contribution in [2.75, 3.05) is 14.2 Å². The van der Waals surface area contributed by atoms with Gasteiger partial charge in [0.05, 0.1) is 49.7 Å². The third-order valence-corrected chi connectivity index (χ3v) is 7.23. The molecule has 0 aliphatic rings. The highest BCUT2D eigenvalue weighted by Gasteiger charge is 2.31. The molecule has 0 saturated carbocycles. The molecule has 0 bridgehead atoms. The second kappa shape index (κ2) is 12.1. The average Bonchev–Trinajstić information content (AvgIpc) is 3.54. The fourth-order valence-corrected chi connectivity index (χ4v) is 5.04. The number of furan rings is 1. The van der Waals surface area contributed by atoms with Gasteiger partial charge < -0.3 is 18.8 Å². The minimum absolute atomic E-state index is 0.168. The molecule has 41 heavy (non-hydrogen) atoms. The highest BCUT2D eigenvalue weighted by molar-refractivity contribution is 5.95. The molecule has 0 fully saturated rings. The van der Waals surface area contributed by atoms with Crippen LogP contribution < -0.4 is 15.0 Å². The van der Waals surface area contributed by atoms with Crippen molar-refractivity contribution >= 4 is 16.8 Å². The Kier molecular flexibility index (Phi) is 8.19. The molecule has 8 heteroatoms. The summed E-state index contributed by atoms with van der Waals surface area (Å²) < 4.78 is 18.2. The predicted molar refractivity (Wildman–Crippen MR) is 158 cm³/mol. The van der Waals surface area contributed by atoms with E-state index in [1.807, 2.05) is 55.5 Å². The second-order valence-electron chi connectivity index (χ2n) is 9.69. The Balaban J connectivity index is 1.72. The van der Waals surface area contributed by atoms with E-state index in [4.69, 9.17) is 18.9 Å². The van der Waals surface area contributed by atoms with E-state index >= 15 is 0 Å². The Bertz CT molecular complexity index is 1690. The first-order valence-electron chi connectivity index (χ1n) is 13.6. The SMILES string of the molecule is CCc1ccc(-n2c(C(CC)N(Cc3ccco3)C(=O)c3cc(OC)cc(OC)c3)nc3ccccc3c2=O)cc1. The highest BCUT2D eigenvalue weighted by Crippen LogP contribution is 2.31. The monoisotopic (exact) mass is 551 g/mol. The van der Waals surface area contributed by atoms with E-state index in [1.165, 1.54) is 0 Å². The van der Waals surface area contributed by atoms with Crippen molar-refractivity contribution in [3.05, 3.63) is 118 Å². The Morgan fingerprint density at radius 1 is 0.951 bits per heavy atom. The number of methoxy groups -OCH3 is 2. The first-order chi connectivity index (χ1) is 20.0. The number of fused-ring (bicyclic) bond motifs is 1. The Hall–Kier alpha value is -4.85. The number of hydrogen-bond donors (Lipinski definition) is 0. The third-order valence-electron chi connectivity index (χ3n) is 7.23. The number of carbonyl (C=O) groups is 1. The Morgan fingerprint density at radius 3 is 2.27 bits per heavy atom. The van der Waals surface area contributed by atoms with E-state index in [2.05, 4.69) is 6.92 Å². The van der Waals surface area contributed by atoms with Gasteiger partial charge in [0.15, 0.2) is 0 Å². The van der Waals surface area contributed by atoms with Gasteiger partial charge in [-0.2, -0.15) is 0 Å². The normalized spacial score (nSPS) is 11.8. The Labute approximate surface area is 238 Å². The van der Waals surface area contributed by atoms with Crippen LogP contribution in [0, 0.1) is 0 Å². The van der Waals surface area contributed by atoms with Gasteiger partial charge in [-0.3, -0.25) is 14.2 Å². The number of rotatable bonds is 10. The molecular formula is C33H33N3O5. The number of ether oxygens (including phenoxy) is 2. The molecule has 210 valence electrons. The van der Waals surface area contributed by atoms with Crippen LogP contribution in [0.2, 0.25) is 0 Å². The van der Waals surface area contributed by atoms with Crippen LogP contribution in [0.4, 0.5) is 0 Å². The van der Waals surface area contributed by atoms with Crippen molar-refractivity contribution < 1.29 is 18.7 Å². The van der Waals surface area contributed by atoms with Gasteiger partial charge in [-0.1, -0.05) is 38.1 Å². The maximum absolute atomic E-state index is 14.3. The first-order valence-corrected chi connectivity index (χ1v) is 13.6. The third kappa shape index (κ3) is 5.59. The largest absolute Gasteiger partial charge is 0.497 e. The molecule has 5 rings (SSSR count). The molecule has 0 aliphatic carbocycles. The number of amides is 1. The zero-order valence-electron chi connectivity index (χ0n) is 23.7. The lowest BCUT2D eigenvalue weighted by molar-refractivity contribution is 0.0623. The van der Waals surface area contributed by atoms with E-state index in [0.29, 0.717) is 51.7 Å². The van der Waals surface area contributed by atoms with Gasteiger partial charge in [0.1, 0.15) is 23.1 Å². The van der Waals surface area contributed by atoms with Gasteiger partial charge in [0, 0.05) is 11.6 Å². The summed E-state index contributed by atoms with van der Waals surface area (Å²) in [5.74, 6) is 1.79. The molecule has 5 aromatic rings. The van der Waals surface area contributed by atoms with E-state index in [-0.39, 0.29) is 18.0 Å². The van der Waals surface area contributed by atoms with Crippen molar-refractivity contribution in [3.8, 4) is 17.2 Å². The molecule has 2 aromatic heterocycles. The molecule has 8 nitrogen and oxygen atoms in total. The van der Waals surface area contributed by atoms with Crippen LogP contribution in [0.5, 0.6) is 11.5 Å². The molecule has 1 amide bonds. The van der Waals surface area contributed by atoms with Crippen LogP contribution in [0.25, 0.3) is 16.6 Å². The summed E-state index contributed by atoms with van der Waals surface area (Å²) in [6.45, 7) is 4.23. The lowest BCUT2D eigenvalue weighted by atomic mass is 10.1. The topological polar surface area (TPSA) is 86.8 Å². The minimum Gasteiger partial charge on any atom is -0.497 e. The summed E-state index contributed by atoms with van der Waals surface area (Å²) in [6, 6.07) is 23.3. The molecule has 0 spiro atoms. The summed E-state index contributed by atoms with van der Waals surface area (Å²) >= 11 is 0. The Morgan fingerprint density at radius 2 is 1.66 bits per heavy atom. The van der Waals surface area contributed by atoms with E-state index in [1.54, 1.807) is 60.3 Å². The smallest absolute Gasteiger partial charge is 0.266 e. The van der Waals surface area contributed by atoms with Crippen molar-refractivity contribution in [2.24, 2.45) is 0 Å². The van der Waals surface area contributed by atoms with Crippen LogP contribution in [0.1, 0.15) is 53.8 Å². The van der Waals surface area contributed by atoms with Gasteiger partial charge in [-0.25, -0.2) is 4.98 Å². The average molecular weight is 552 g/mol. The molecule has 0 aliphatic heterocycles. The maximum Gasteiger partial charge on any atom is 0.266 e. The zero-order chi connectivity index (χ0) is 28.9. The fraction of sp³-hybridized carbons (Fsp3) is 0.242. The van der Waals surface area contributed by atoms with Gasteiger partial charge >= 0.3 is 0 Å². The summed E-state index contributed by atoms with van der Waals surface area (Å²) in [5.41, 5.74) is 2.61. The summed E-state index contributed by atoms with van der Waals surface area (Å²) in [4.78, 5) is 35.1. The molecule has 0 radical (unpaired) electrons. The number of aromatic nitrogens is 2.